The predicted octanol–water partition coefficient (Wildman–Crippen LogP) is 4.71. The number of anilines is 2. The van der Waals surface area contributed by atoms with E-state index >= 15 is 0 Å². The lowest BCUT2D eigenvalue weighted by molar-refractivity contribution is -0.117. The summed E-state index contributed by atoms with van der Waals surface area (Å²) in [4.78, 5) is 14.8. The van der Waals surface area contributed by atoms with Gasteiger partial charge in [-0.3, -0.25) is 9.69 Å². The van der Waals surface area contributed by atoms with E-state index in [1.165, 1.54) is 0 Å². The second kappa shape index (κ2) is 7.31. The van der Waals surface area contributed by atoms with Crippen LogP contribution in [0, 0.1) is 0 Å². The molecule has 4 rings (SSSR count). The van der Waals surface area contributed by atoms with E-state index in [1.807, 2.05) is 78.9 Å². The molecule has 1 heterocycles. The van der Waals surface area contributed by atoms with Crippen molar-refractivity contribution in [3.63, 3.8) is 0 Å². The second-order valence-electron chi connectivity index (χ2n) is 6.09. The number of fused-ring (bicyclic) bond motifs is 1. The topological polar surface area (TPSA) is 38.8 Å². The molecule has 0 saturated heterocycles. The summed E-state index contributed by atoms with van der Waals surface area (Å²) >= 11 is 0. The third-order valence-corrected chi connectivity index (χ3v) is 4.34. The van der Waals surface area contributed by atoms with Crippen LogP contribution in [0.4, 0.5) is 11.4 Å². The number of aryl methyl sites for hydroxylation is 1. The molecule has 0 unspecified atom stereocenters. The number of ether oxygens (including phenoxy) is 2. The Balaban J connectivity index is 1.53. The fraction of sp³-hybridized carbons (Fsp3) is 0.136. The molecule has 4 heteroatoms. The Hall–Kier alpha value is -3.27. The standard InChI is InChI=1S/C22H19NO3/c24-22(14-12-17-11-13-20-21(15-17)26-16-25-20)23(18-7-3-1-4-8-18)19-9-5-2-6-10-19/h1-11,13,15H,12,14,16H2. The molecule has 0 N–H and O–H groups in total. The summed E-state index contributed by atoms with van der Waals surface area (Å²) in [7, 11) is 0. The maximum Gasteiger partial charge on any atom is 0.231 e. The Morgan fingerprint density at radius 2 is 1.42 bits per heavy atom. The summed E-state index contributed by atoms with van der Waals surface area (Å²) in [5.74, 6) is 1.56. The van der Waals surface area contributed by atoms with Gasteiger partial charge in [-0.25, -0.2) is 0 Å². The normalized spacial score (nSPS) is 12.0. The van der Waals surface area contributed by atoms with Gasteiger partial charge < -0.3 is 9.47 Å². The first-order chi connectivity index (χ1) is 12.8. The Kier molecular flexibility index (Phi) is 4.56. The Morgan fingerprint density at radius 3 is 2.08 bits per heavy atom. The zero-order valence-corrected chi connectivity index (χ0v) is 14.3. The molecule has 3 aromatic rings. The van der Waals surface area contributed by atoms with Crippen molar-refractivity contribution in [3.05, 3.63) is 84.4 Å². The molecule has 0 spiro atoms. The van der Waals surface area contributed by atoms with E-state index in [9.17, 15) is 4.79 Å². The van der Waals surface area contributed by atoms with Crippen LogP contribution in [-0.4, -0.2) is 12.7 Å². The summed E-state index contributed by atoms with van der Waals surface area (Å²) in [6.07, 6.45) is 1.05. The first-order valence-electron chi connectivity index (χ1n) is 8.63. The van der Waals surface area contributed by atoms with Gasteiger partial charge in [-0.2, -0.15) is 0 Å². The minimum Gasteiger partial charge on any atom is -0.454 e. The van der Waals surface area contributed by atoms with Crippen molar-refractivity contribution in [2.45, 2.75) is 12.8 Å². The highest BCUT2D eigenvalue weighted by Crippen LogP contribution is 2.33. The molecule has 1 aliphatic heterocycles. The van der Waals surface area contributed by atoms with Crippen LogP contribution in [0.1, 0.15) is 12.0 Å². The van der Waals surface area contributed by atoms with Crippen LogP contribution in [0.15, 0.2) is 78.9 Å². The van der Waals surface area contributed by atoms with E-state index in [-0.39, 0.29) is 12.7 Å². The zero-order valence-electron chi connectivity index (χ0n) is 14.3. The van der Waals surface area contributed by atoms with Crippen LogP contribution in [0.3, 0.4) is 0 Å². The molecule has 0 bridgehead atoms. The number of amides is 1. The molecule has 4 nitrogen and oxygen atoms in total. The van der Waals surface area contributed by atoms with Gasteiger partial charge in [-0.15, -0.1) is 0 Å². The van der Waals surface area contributed by atoms with Crippen molar-refractivity contribution in [2.75, 3.05) is 11.7 Å². The molecule has 3 aromatic carbocycles. The maximum absolute atomic E-state index is 13.0. The lowest BCUT2D eigenvalue weighted by Gasteiger charge is -2.23. The smallest absolute Gasteiger partial charge is 0.231 e. The minimum absolute atomic E-state index is 0.0556. The maximum atomic E-state index is 13.0. The average Bonchev–Trinajstić information content (AvgIpc) is 3.16. The highest BCUT2D eigenvalue weighted by atomic mass is 16.7. The molecule has 0 radical (unpaired) electrons. The summed E-state index contributed by atoms with van der Waals surface area (Å²) < 4.78 is 10.7. The third kappa shape index (κ3) is 3.40. The minimum atomic E-state index is 0.0556. The number of para-hydroxylation sites is 2. The number of hydrogen-bond donors (Lipinski definition) is 0. The molecule has 0 aromatic heterocycles. The van der Waals surface area contributed by atoms with Crippen molar-refractivity contribution >= 4 is 17.3 Å². The molecule has 0 fully saturated rings. The van der Waals surface area contributed by atoms with Gasteiger partial charge >= 0.3 is 0 Å². The lowest BCUT2D eigenvalue weighted by Crippen LogP contribution is -2.26. The fourth-order valence-electron chi connectivity index (χ4n) is 3.05. The van der Waals surface area contributed by atoms with E-state index in [0.29, 0.717) is 12.8 Å². The van der Waals surface area contributed by atoms with E-state index in [4.69, 9.17) is 9.47 Å². The van der Waals surface area contributed by atoms with Crippen molar-refractivity contribution in [2.24, 2.45) is 0 Å². The van der Waals surface area contributed by atoms with Crippen molar-refractivity contribution in [1.29, 1.82) is 0 Å². The van der Waals surface area contributed by atoms with Crippen LogP contribution in [0.2, 0.25) is 0 Å². The molecular formula is C22H19NO3. The Morgan fingerprint density at radius 1 is 0.808 bits per heavy atom. The highest BCUT2D eigenvalue weighted by molar-refractivity contribution is 6.00. The predicted molar refractivity (Wildman–Crippen MR) is 101 cm³/mol. The number of hydrogen-bond acceptors (Lipinski definition) is 3. The average molecular weight is 345 g/mol. The Labute approximate surface area is 152 Å². The summed E-state index contributed by atoms with van der Waals surface area (Å²) in [6, 6.07) is 25.3. The van der Waals surface area contributed by atoms with Gasteiger partial charge in [0.2, 0.25) is 12.7 Å². The van der Waals surface area contributed by atoms with Crippen LogP contribution < -0.4 is 14.4 Å². The molecule has 26 heavy (non-hydrogen) atoms. The molecule has 0 saturated carbocycles. The van der Waals surface area contributed by atoms with Crippen LogP contribution in [0.5, 0.6) is 11.5 Å². The number of benzene rings is 3. The Bertz CT molecular complexity index is 854. The quantitative estimate of drug-likeness (QED) is 0.672. The molecule has 0 aliphatic carbocycles. The third-order valence-electron chi connectivity index (χ3n) is 4.34. The van der Waals surface area contributed by atoms with Gasteiger partial charge in [0.05, 0.1) is 0 Å². The molecule has 130 valence electrons. The number of rotatable bonds is 5. The largest absolute Gasteiger partial charge is 0.454 e. The van der Waals surface area contributed by atoms with Gasteiger partial charge in [0.1, 0.15) is 0 Å². The first kappa shape index (κ1) is 16.2. The van der Waals surface area contributed by atoms with Crippen LogP contribution >= 0.6 is 0 Å². The summed E-state index contributed by atoms with van der Waals surface area (Å²) in [5, 5.41) is 0. The lowest BCUT2D eigenvalue weighted by atomic mass is 10.1. The van der Waals surface area contributed by atoms with E-state index in [2.05, 4.69) is 0 Å². The van der Waals surface area contributed by atoms with Gasteiger partial charge in [0, 0.05) is 17.8 Å². The fourth-order valence-corrected chi connectivity index (χ4v) is 3.05. The molecule has 1 aliphatic rings. The number of nitrogens with zero attached hydrogens (tertiary/aromatic N) is 1. The second-order valence-corrected chi connectivity index (χ2v) is 6.09. The summed E-state index contributed by atoms with van der Waals surface area (Å²) in [5.41, 5.74) is 2.80. The van der Waals surface area contributed by atoms with Gasteiger partial charge in [0.15, 0.2) is 11.5 Å². The van der Waals surface area contributed by atoms with E-state index in [0.717, 1.165) is 28.4 Å². The highest BCUT2D eigenvalue weighted by Gasteiger charge is 2.18. The SMILES string of the molecule is O=C(CCc1ccc2c(c1)OCO2)N(c1ccccc1)c1ccccc1. The first-order valence-corrected chi connectivity index (χ1v) is 8.63. The number of carbonyl (C=O) groups excluding carboxylic acids is 1. The van der Waals surface area contributed by atoms with E-state index < -0.39 is 0 Å². The van der Waals surface area contributed by atoms with Crippen molar-refractivity contribution in [1.82, 2.24) is 0 Å². The zero-order chi connectivity index (χ0) is 17.8. The van der Waals surface area contributed by atoms with Gasteiger partial charge in [-0.05, 0) is 48.4 Å². The monoisotopic (exact) mass is 345 g/mol. The van der Waals surface area contributed by atoms with Crippen molar-refractivity contribution < 1.29 is 14.3 Å². The molecule has 0 atom stereocenters. The number of carbonyl (C=O) groups is 1. The van der Waals surface area contributed by atoms with Crippen molar-refractivity contribution in [3.8, 4) is 11.5 Å². The molecule has 1 amide bonds. The summed E-state index contributed by atoms with van der Waals surface area (Å²) in [6.45, 7) is 0.257. The van der Waals surface area contributed by atoms with Crippen LogP contribution in [-0.2, 0) is 11.2 Å². The van der Waals surface area contributed by atoms with Gasteiger partial charge in [-0.1, -0.05) is 42.5 Å². The van der Waals surface area contributed by atoms with Gasteiger partial charge in [0.25, 0.3) is 0 Å². The van der Waals surface area contributed by atoms with Crippen LogP contribution in [0.25, 0.3) is 0 Å². The van der Waals surface area contributed by atoms with E-state index in [1.54, 1.807) is 4.90 Å². The molecular weight excluding hydrogens is 326 g/mol.